The highest BCUT2D eigenvalue weighted by molar-refractivity contribution is 5.91. The van der Waals surface area contributed by atoms with Crippen LogP contribution in [0.1, 0.15) is 108 Å². The lowest BCUT2D eigenvalue weighted by molar-refractivity contribution is -0.141. The number of carbonyl (C=O) groups excluding carboxylic acids is 2. The molecule has 1 saturated carbocycles. The van der Waals surface area contributed by atoms with Crippen molar-refractivity contribution in [1.29, 1.82) is 0 Å². The number of aryl methyl sites for hydroxylation is 1. The van der Waals surface area contributed by atoms with Crippen molar-refractivity contribution in [3.8, 4) is 45.7 Å². The lowest BCUT2D eigenvalue weighted by Crippen LogP contribution is -2.48. The first-order valence-corrected chi connectivity index (χ1v) is 26.7. The standard InChI is InChI=1S/C57H70N12O6/c1-35(2)54(57(73)68-34-44(70)28-50(68)56(72)61-37(4)41-12-14-43(15-13-41)67-25-20-59-38(67)5)52-30-53(64-75-52)66-23-16-39(17-24-66)32-65-21-18-45(19-22-65)74-46-26-40(27-46)11-10-36(3)69-33-42(31-60-69)48-29-49(62-63-55(48)58)47-8-6-7-9-51(47)71/h6-9,12-15,20,25,29-31,33,35-37,39-40,44-46,50,54,70-71H,16-19,21-24,26-28,32,34H2,1-5H3,(H2,58,63)(H,61,72)/t36-,37+,40-,44-,46-,50+,54?/m1/s1. The molecule has 1 aliphatic carbocycles. The first kappa shape index (κ1) is 51.4. The number of nitrogen functional groups attached to an aromatic ring is 1. The summed E-state index contributed by atoms with van der Waals surface area (Å²) in [6.45, 7) is 14.8. The van der Waals surface area contributed by atoms with Crippen LogP contribution >= 0.6 is 0 Å². The SMILES string of the molecule is Cc1nccn1-c1ccc([C@H](C)NC(=O)[C@@H]2C[C@@H](O)CN2C(=O)C(c2cc(N3CCC(CN4CCC(O[C@H]5C[C@H](C#C[C@@H](C)n6cc(-c7cc(-c8ccccc8O)nnc7N)cn6)C5)CC4)CC3)no2)C(C)C)cc1. The van der Waals surface area contributed by atoms with E-state index in [9.17, 15) is 19.8 Å². The molecule has 75 heavy (non-hydrogen) atoms. The Morgan fingerprint density at radius 3 is 2.41 bits per heavy atom. The largest absolute Gasteiger partial charge is 0.507 e. The molecule has 4 fully saturated rings. The number of aromatic nitrogens is 7. The van der Waals surface area contributed by atoms with Crippen molar-refractivity contribution < 1.29 is 29.1 Å². The summed E-state index contributed by atoms with van der Waals surface area (Å²) in [5.74, 6) is 8.95. The molecule has 7 heterocycles. The Balaban J connectivity index is 0.643. The fourth-order valence-corrected chi connectivity index (χ4v) is 11.2. The average Bonchev–Trinajstić information content (AvgIpc) is 4.24. The molecule has 0 bridgehead atoms. The van der Waals surface area contributed by atoms with Crippen molar-refractivity contribution in [3.63, 3.8) is 0 Å². The first-order valence-electron chi connectivity index (χ1n) is 26.7. The van der Waals surface area contributed by atoms with Gasteiger partial charge < -0.3 is 49.8 Å². The van der Waals surface area contributed by atoms with Crippen LogP contribution in [0.15, 0.2) is 90.0 Å². The number of ether oxygens (including phenoxy) is 1. The topological polar surface area (TPSA) is 219 Å². The molecule has 2 aromatic carbocycles. The Bertz CT molecular complexity index is 2990. The number of aliphatic hydroxyl groups is 1. The van der Waals surface area contributed by atoms with Crippen molar-refractivity contribution in [1.82, 2.24) is 49.8 Å². The number of imidazole rings is 1. The maximum Gasteiger partial charge on any atom is 0.243 e. The van der Waals surface area contributed by atoms with Crippen LogP contribution in [0.3, 0.4) is 0 Å². The van der Waals surface area contributed by atoms with Crippen LogP contribution in [0.2, 0.25) is 0 Å². The monoisotopic (exact) mass is 1020 g/mol. The van der Waals surface area contributed by atoms with Crippen LogP contribution in [0, 0.1) is 36.5 Å². The quantitative estimate of drug-likeness (QED) is 0.0755. The number of benzene rings is 2. The lowest BCUT2D eigenvalue weighted by Gasteiger charge is -2.40. The number of phenolic OH excluding ortho intramolecular Hbond substituents is 1. The van der Waals surface area contributed by atoms with Crippen molar-refractivity contribution in [2.24, 2.45) is 17.8 Å². The molecule has 394 valence electrons. The normalized spacial score (nSPS) is 21.9. The minimum atomic E-state index is -0.806. The Morgan fingerprint density at radius 1 is 0.933 bits per heavy atom. The highest BCUT2D eigenvalue weighted by atomic mass is 16.5. The van der Waals surface area contributed by atoms with Crippen LogP contribution < -0.4 is 16.0 Å². The molecule has 0 spiro atoms. The van der Waals surface area contributed by atoms with E-state index in [0.717, 1.165) is 99.7 Å². The molecular weight excluding hydrogens is 949 g/mol. The molecule has 0 radical (unpaired) electrons. The molecule has 3 aliphatic heterocycles. The van der Waals surface area contributed by atoms with E-state index >= 15 is 0 Å². The van der Waals surface area contributed by atoms with E-state index in [4.69, 9.17) is 15.0 Å². The van der Waals surface area contributed by atoms with Gasteiger partial charge in [-0.15, -0.1) is 10.2 Å². The van der Waals surface area contributed by atoms with Crippen LogP contribution in [-0.2, 0) is 14.3 Å². The van der Waals surface area contributed by atoms with Gasteiger partial charge in [-0.05, 0) is 107 Å². The molecule has 18 nitrogen and oxygen atoms in total. The van der Waals surface area contributed by atoms with Crippen molar-refractivity contribution in [3.05, 3.63) is 103 Å². The second kappa shape index (κ2) is 22.4. The number of likely N-dealkylation sites (tertiary alicyclic amines) is 2. The number of piperidine rings is 2. The number of nitrogens with two attached hydrogens (primary N) is 1. The molecule has 10 rings (SSSR count). The van der Waals surface area contributed by atoms with Gasteiger partial charge in [0.25, 0.3) is 0 Å². The van der Waals surface area contributed by atoms with Crippen LogP contribution in [-0.4, -0.2) is 130 Å². The van der Waals surface area contributed by atoms with E-state index in [0.29, 0.717) is 34.4 Å². The predicted molar refractivity (Wildman–Crippen MR) is 284 cm³/mol. The summed E-state index contributed by atoms with van der Waals surface area (Å²) in [4.78, 5) is 38.8. The highest BCUT2D eigenvalue weighted by Crippen LogP contribution is 2.37. The van der Waals surface area contributed by atoms with Crippen LogP contribution in [0.25, 0.3) is 28.1 Å². The zero-order chi connectivity index (χ0) is 52.3. The number of aliphatic hydroxyl groups excluding tert-OH is 1. The van der Waals surface area contributed by atoms with Crippen molar-refractivity contribution in [2.75, 3.05) is 49.9 Å². The van der Waals surface area contributed by atoms with Gasteiger partial charge in [-0.3, -0.25) is 14.3 Å². The summed E-state index contributed by atoms with van der Waals surface area (Å²) in [5.41, 5.74) is 10.7. The zero-order valence-electron chi connectivity index (χ0n) is 43.6. The molecule has 5 atom stereocenters. The molecule has 3 saturated heterocycles. The van der Waals surface area contributed by atoms with Gasteiger partial charge in [-0.1, -0.05) is 55.1 Å². The number of nitrogens with one attached hydrogen (secondary N) is 1. The van der Waals surface area contributed by atoms with Crippen molar-refractivity contribution in [2.45, 2.75) is 122 Å². The minimum Gasteiger partial charge on any atom is -0.507 e. The fourth-order valence-electron chi connectivity index (χ4n) is 11.2. The van der Waals surface area contributed by atoms with Crippen LogP contribution in [0.4, 0.5) is 11.6 Å². The summed E-state index contributed by atoms with van der Waals surface area (Å²) < 4.78 is 16.3. The molecule has 4 aliphatic rings. The second-order valence-corrected chi connectivity index (χ2v) is 21.4. The molecular formula is C57H70N12O6. The molecule has 1 unspecified atom stereocenters. The molecule has 6 aromatic rings. The van der Waals surface area contributed by atoms with Gasteiger partial charge in [-0.25, -0.2) is 4.98 Å². The van der Waals surface area contributed by atoms with E-state index in [2.05, 4.69) is 52.4 Å². The van der Waals surface area contributed by atoms with Crippen LogP contribution in [0.5, 0.6) is 5.75 Å². The molecule has 5 N–H and O–H groups in total. The number of β-amino-alcohol motifs (C(OH)–C–C–N with tert-alkyl or cyclic N) is 1. The lowest BCUT2D eigenvalue weighted by atomic mass is 9.82. The number of aromatic hydroxyl groups is 1. The van der Waals surface area contributed by atoms with E-state index in [1.807, 2.05) is 98.7 Å². The summed E-state index contributed by atoms with van der Waals surface area (Å²) in [7, 11) is 0. The van der Waals surface area contributed by atoms with Gasteiger partial charge >= 0.3 is 0 Å². The van der Waals surface area contributed by atoms with E-state index in [1.54, 1.807) is 30.6 Å². The number of hydrogen-bond acceptors (Lipinski definition) is 14. The fraction of sp³-hybridized carbons (Fsp3) is 0.491. The maximum atomic E-state index is 14.4. The Labute approximate surface area is 438 Å². The van der Waals surface area contributed by atoms with Gasteiger partial charge in [0.15, 0.2) is 17.4 Å². The average molecular weight is 1020 g/mol. The van der Waals surface area contributed by atoms with E-state index in [1.165, 1.54) is 4.90 Å². The first-order chi connectivity index (χ1) is 36.2. The molecule has 18 heteroatoms. The second-order valence-electron chi connectivity index (χ2n) is 21.4. The summed E-state index contributed by atoms with van der Waals surface area (Å²) >= 11 is 0. The number of phenols is 1. The number of carbonyl (C=O) groups is 2. The van der Waals surface area contributed by atoms with E-state index < -0.39 is 18.1 Å². The Hall–Kier alpha value is -7.07. The molecule has 4 aromatic heterocycles. The third kappa shape index (κ3) is 11.6. The van der Waals surface area contributed by atoms with Gasteiger partial charge in [0.2, 0.25) is 11.8 Å². The third-order valence-corrected chi connectivity index (χ3v) is 15.8. The smallest absolute Gasteiger partial charge is 0.243 e. The number of amides is 2. The summed E-state index contributed by atoms with van der Waals surface area (Å²) in [5, 5.41) is 41.6. The van der Waals surface area contributed by atoms with Gasteiger partial charge in [0, 0.05) is 98.6 Å². The maximum absolute atomic E-state index is 14.4. The minimum absolute atomic E-state index is 0.0804. The third-order valence-electron chi connectivity index (χ3n) is 15.8. The van der Waals surface area contributed by atoms with Crippen molar-refractivity contribution >= 4 is 23.5 Å². The zero-order valence-corrected chi connectivity index (χ0v) is 43.6. The van der Waals surface area contributed by atoms with Gasteiger partial charge in [-0.2, -0.15) is 5.10 Å². The highest BCUT2D eigenvalue weighted by Gasteiger charge is 2.44. The number of hydrogen-bond donors (Lipinski definition) is 4. The number of para-hydroxylation sites is 1. The summed E-state index contributed by atoms with van der Waals surface area (Å²) in [6, 6.07) is 17.4. The molecule has 2 amide bonds. The number of nitrogens with zero attached hydrogens (tertiary/aromatic N) is 10. The number of anilines is 2. The van der Waals surface area contributed by atoms with Gasteiger partial charge in [0.1, 0.15) is 29.6 Å². The Kier molecular flexibility index (Phi) is 15.4. The van der Waals surface area contributed by atoms with Gasteiger partial charge in [0.05, 0.1) is 36.2 Å². The predicted octanol–water partition coefficient (Wildman–Crippen LogP) is 7.10. The van der Waals surface area contributed by atoms with E-state index in [-0.39, 0.29) is 66.6 Å². The Morgan fingerprint density at radius 2 is 1.69 bits per heavy atom. The summed E-state index contributed by atoms with van der Waals surface area (Å²) in [6.07, 6.45) is 13.3. The number of rotatable bonds is 15.